The van der Waals surface area contributed by atoms with Crippen LogP contribution < -0.4 is 5.32 Å². The first-order chi connectivity index (χ1) is 5.36. The van der Waals surface area contributed by atoms with Gasteiger partial charge in [-0.05, 0) is 19.3 Å². The SMILES string of the molecule is CCC(CC#N)NC1CCC1. The molecule has 1 fully saturated rings. The van der Waals surface area contributed by atoms with Crippen LogP contribution in [0.3, 0.4) is 0 Å². The van der Waals surface area contributed by atoms with E-state index in [0.29, 0.717) is 18.5 Å². The highest BCUT2D eigenvalue weighted by Crippen LogP contribution is 2.19. The van der Waals surface area contributed by atoms with Gasteiger partial charge in [-0.1, -0.05) is 13.3 Å². The van der Waals surface area contributed by atoms with Gasteiger partial charge in [0.1, 0.15) is 0 Å². The van der Waals surface area contributed by atoms with Gasteiger partial charge in [0.15, 0.2) is 0 Å². The Balaban J connectivity index is 2.14. The van der Waals surface area contributed by atoms with Crippen molar-refractivity contribution in [2.75, 3.05) is 0 Å². The summed E-state index contributed by atoms with van der Waals surface area (Å²) in [6, 6.07) is 3.36. The molecule has 0 bridgehead atoms. The van der Waals surface area contributed by atoms with E-state index in [4.69, 9.17) is 5.26 Å². The Kier molecular flexibility index (Phi) is 3.38. The number of nitrogens with zero attached hydrogens (tertiary/aromatic N) is 1. The topological polar surface area (TPSA) is 35.8 Å². The molecule has 0 spiro atoms. The third-order valence-corrected chi connectivity index (χ3v) is 2.41. The molecule has 1 rings (SSSR count). The lowest BCUT2D eigenvalue weighted by molar-refractivity contribution is 0.301. The molecule has 0 radical (unpaired) electrons. The molecule has 62 valence electrons. The highest BCUT2D eigenvalue weighted by molar-refractivity contribution is 4.85. The second-order valence-electron chi connectivity index (χ2n) is 3.26. The fraction of sp³-hybridized carbons (Fsp3) is 0.889. The molecule has 1 atom stereocenters. The molecule has 0 saturated heterocycles. The van der Waals surface area contributed by atoms with Gasteiger partial charge in [0, 0.05) is 12.1 Å². The Morgan fingerprint density at radius 1 is 1.64 bits per heavy atom. The first-order valence-corrected chi connectivity index (χ1v) is 4.49. The van der Waals surface area contributed by atoms with Gasteiger partial charge in [-0.25, -0.2) is 0 Å². The van der Waals surface area contributed by atoms with Crippen LogP contribution in [-0.2, 0) is 0 Å². The second kappa shape index (κ2) is 4.35. The van der Waals surface area contributed by atoms with E-state index in [1.54, 1.807) is 0 Å². The molecule has 0 amide bonds. The van der Waals surface area contributed by atoms with E-state index < -0.39 is 0 Å². The van der Waals surface area contributed by atoms with Gasteiger partial charge in [0.25, 0.3) is 0 Å². The Morgan fingerprint density at radius 3 is 2.73 bits per heavy atom. The normalized spacial score (nSPS) is 20.4. The van der Waals surface area contributed by atoms with Crippen LogP contribution in [0.1, 0.15) is 39.0 Å². The molecule has 1 aliphatic rings. The quantitative estimate of drug-likeness (QED) is 0.667. The molecule has 0 heterocycles. The van der Waals surface area contributed by atoms with Crippen molar-refractivity contribution in [3.8, 4) is 6.07 Å². The molecular weight excluding hydrogens is 136 g/mol. The molecule has 0 aromatic rings. The van der Waals surface area contributed by atoms with Crippen molar-refractivity contribution in [1.82, 2.24) is 5.32 Å². The predicted molar refractivity (Wildman–Crippen MR) is 45.1 cm³/mol. The van der Waals surface area contributed by atoms with Crippen LogP contribution in [0.15, 0.2) is 0 Å². The van der Waals surface area contributed by atoms with Gasteiger partial charge in [-0.15, -0.1) is 0 Å². The van der Waals surface area contributed by atoms with E-state index in [9.17, 15) is 0 Å². The first-order valence-electron chi connectivity index (χ1n) is 4.49. The van der Waals surface area contributed by atoms with Gasteiger partial charge >= 0.3 is 0 Å². The zero-order valence-corrected chi connectivity index (χ0v) is 7.14. The lowest BCUT2D eigenvalue weighted by Gasteiger charge is -2.30. The molecule has 1 unspecified atom stereocenters. The molecule has 1 aliphatic carbocycles. The third-order valence-electron chi connectivity index (χ3n) is 2.41. The number of hydrogen-bond donors (Lipinski definition) is 1. The van der Waals surface area contributed by atoms with Crippen LogP contribution in [-0.4, -0.2) is 12.1 Å². The summed E-state index contributed by atoms with van der Waals surface area (Å²) in [5.41, 5.74) is 0. The molecular formula is C9H16N2. The molecule has 0 aliphatic heterocycles. The Hall–Kier alpha value is -0.550. The average molecular weight is 152 g/mol. The molecule has 0 aromatic heterocycles. The van der Waals surface area contributed by atoms with Crippen LogP contribution in [0.5, 0.6) is 0 Å². The van der Waals surface area contributed by atoms with Crippen molar-refractivity contribution in [1.29, 1.82) is 5.26 Å². The first kappa shape index (κ1) is 8.55. The van der Waals surface area contributed by atoms with E-state index in [1.165, 1.54) is 19.3 Å². The smallest absolute Gasteiger partial charge is 0.0638 e. The lowest BCUT2D eigenvalue weighted by Crippen LogP contribution is -2.41. The van der Waals surface area contributed by atoms with Gasteiger partial charge < -0.3 is 5.32 Å². The van der Waals surface area contributed by atoms with Crippen LogP contribution in [0.2, 0.25) is 0 Å². The van der Waals surface area contributed by atoms with Crippen molar-refractivity contribution in [3.63, 3.8) is 0 Å². The molecule has 2 nitrogen and oxygen atoms in total. The number of rotatable bonds is 4. The average Bonchev–Trinajstić information content (AvgIpc) is 1.94. The fourth-order valence-electron chi connectivity index (χ4n) is 1.34. The molecule has 1 saturated carbocycles. The molecule has 11 heavy (non-hydrogen) atoms. The van der Waals surface area contributed by atoms with Crippen LogP contribution in [0.25, 0.3) is 0 Å². The van der Waals surface area contributed by atoms with Crippen LogP contribution in [0.4, 0.5) is 0 Å². The van der Waals surface area contributed by atoms with Crippen molar-refractivity contribution >= 4 is 0 Å². The summed E-state index contributed by atoms with van der Waals surface area (Å²) >= 11 is 0. The molecule has 0 aromatic carbocycles. The van der Waals surface area contributed by atoms with Gasteiger partial charge in [0.2, 0.25) is 0 Å². The standard InChI is InChI=1S/C9H16N2/c1-2-8(6-7-10)11-9-4-3-5-9/h8-9,11H,2-6H2,1H3. The van der Waals surface area contributed by atoms with Crippen LogP contribution in [0, 0.1) is 11.3 Å². The van der Waals surface area contributed by atoms with Gasteiger partial charge in [-0.3, -0.25) is 0 Å². The highest BCUT2D eigenvalue weighted by atomic mass is 15.0. The minimum absolute atomic E-state index is 0.435. The maximum atomic E-state index is 8.48. The summed E-state index contributed by atoms with van der Waals surface area (Å²) in [6.07, 6.45) is 5.71. The highest BCUT2D eigenvalue weighted by Gasteiger charge is 2.19. The maximum absolute atomic E-state index is 8.48. The van der Waals surface area contributed by atoms with Gasteiger partial charge in [0.05, 0.1) is 12.5 Å². The summed E-state index contributed by atoms with van der Waals surface area (Å²) in [6.45, 7) is 2.13. The Bertz CT molecular complexity index is 144. The minimum atomic E-state index is 0.435. The number of hydrogen-bond acceptors (Lipinski definition) is 2. The van der Waals surface area contributed by atoms with E-state index >= 15 is 0 Å². The second-order valence-corrected chi connectivity index (χ2v) is 3.26. The summed E-state index contributed by atoms with van der Waals surface area (Å²) in [5.74, 6) is 0. The summed E-state index contributed by atoms with van der Waals surface area (Å²) in [7, 11) is 0. The minimum Gasteiger partial charge on any atom is -0.310 e. The summed E-state index contributed by atoms with van der Waals surface area (Å²) < 4.78 is 0. The van der Waals surface area contributed by atoms with Crippen molar-refractivity contribution in [2.45, 2.75) is 51.1 Å². The van der Waals surface area contributed by atoms with Gasteiger partial charge in [-0.2, -0.15) is 5.26 Å². The van der Waals surface area contributed by atoms with E-state index in [-0.39, 0.29) is 0 Å². The lowest BCUT2D eigenvalue weighted by atomic mass is 9.92. The predicted octanol–water partition coefficient (Wildman–Crippen LogP) is 1.82. The molecule has 2 heteroatoms. The Labute approximate surface area is 68.6 Å². The monoisotopic (exact) mass is 152 g/mol. The molecule has 1 N–H and O–H groups in total. The summed E-state index contributed by atoms with van der Waals surface area (Å²) in [4.78, 5) is 0. The van der Waals surface area contributed by atoms with E-state index in [2.05, 4.69) is 18.3 Å². The van der Waals surface area contributed by atoms with Crippen molar-refractivity contribution in [3.05, 3.63) is 0 Å². The zero-order valence-electron chi connectivity index (χ0n) is 7.14. The third kappa shape index (κ3) is 2.51. The van der Waals surface area contributed by atoms with Crippen molar-refractivity contribution in [2.24, 2.45) is 0 Å². The van der Waals surface area contributed by atoms with E-state index in [0.717, 1.165) is 6.42 Å². The summed E-state index contributed by atoms with van der Waals surface area (Å²) in [5, 5.41) is 12.0. The number of nitrogens with one attached hydrogen (secondary N) is 1. The van der Waals surface area contributed by atoms with E-state index in [1.807, 2.05) is 0 Å². The Morgan fingerprint density at radius 2 is 2.36 bits per heavy atom. The van der Waals surface area contributed by atoms with Crippen molar-refractivity contribution < 1.29 is 0 Å². The maximum Gasteiger partial charge on any atom is 0.0638 e. The fourth-order valence-corrected chi connectivity index (χ4v) is 1.34. The number of nitriles is 1. The largest absolute Gasteiger partial charge is 0.310 e. The van der Waals surface area contributed by atoms with Crippen LogP contribution >= 0.6 is 0 Å². The zero-order chi connectivity index (χ0) is 8.10.